The quantitative estimate of drug-likeness (QED) is 0.761. The summed E-state index contributed by atoms with van der Waals surface area (Å²) >= 11 is 0. The molecule has 0 spiro atoms. The molecule has 0 bridgehead atoms. The summed E-state index contributed by atoms with van der Waals surface area (Å²) in [5, 5.41) is 0. The van der Waals surface area contributed by atoms with Gasteiger partial charge >= 0.3 is 0 Å². The zero-order chi connectivity index (χ0) is 17.2. The molecule has 0 aromatic carbocycles. The molecule has 1 amide bonds. The molecule has 3 rings (SSSR count). The topological polar surface area (TPSA) is 57.7 Å². The van der Waals surface area contributed by atoms with Crippen LogP contribution in [0.1, 0.15) is 64.7 Å². The summed E-state index contributed by atoms with van der Waals surface area (Å²) in [6.07, 6.45) is 9.53. The Morgan fingerprint density at radius 1 is 0.958 bits per heavy atom. The van der Waals surface area contributed by atoms with Gasteiger partial charge in [-0.2, -0.15) is 0 Å². The maximum Gasteiger partial charge on any atom is 0.226 e. The van der Waals surface area contributed by atoms with Crippen molar-refractivity contribution >= 4 is 15.9 Å². The molecular weight excluding hydrogens is 324 g/mol. The number of piperidine rings is 1. The molecule has 24 heavy (non-hydrogen) atoms. The van der Waals surface area contributed by atoms with Gasteiger partial charge in [0, 0.05) is 31.6 Å². The molecule has 1 aliphatic carbocycles. The van der Waals surface area contributed by atoms with Gasteiger partial charge < -0.3 is 4.90 Å². The van der Waals surface area contributed by atoms with Gasteiger partial charge in [0.05, 0.1) is 5.75 Å². The Balaban J connectivity index is 1.57. The van der Waals surface area contributed by atoms with E-state index < -0.39 is 10.0 Å². The van der Waals surface area contributed by atoms with Crippen LogP contribution in [0.5, 0.6) is 0 Å². The number of amides is 1. The second-order valence-electron chi connectivity index (χ2n) is 7.78. The fraction of sp³-hybridized carbons (Fsp3) is 0.944. The summed E-state index contributed by atoms with van der Waals surface area (Å²) < 4.78 is 25.9. The van der Waals surface area contributed by atoms with E-state index in [1.54, 1.807) is 4.31 Å². The molecule has 0 aromatic heterocycles. The Labute approximate surface area is 146 Å². The van der Waals surface area contributed by atoms with E-state index in [-0.39, 0.29) is 11.7 Å². The van der Waals surface area contributed by atoms with Gasteiger partial charge in [0.15, 0.2) is 0 Å². The average molecular weight is 357 g/mol. The standard InChI is InChI=1S/C18H32N2O3S/c1-2-14-24(22,23)19-12-9-16(10-13-19)18(21)20-11-5-8-17(20)15-6-3-4-7-15/h15-17H,2-14H2,1H3/t17-/m0/s1. The first-order valence-electron chi connectivity index (χ1n) is 9.81. The number of carbonyl (C=O) groups is 1. The Morgan fingerprint density at radius 3 is 2.25 bits per heavy atom. The van der Waals surface area contributed by atoms with Crippen molar-refractivity contribution in [2.75, 3.05) is 25.4 Å². The van der Waals surface area contributed by atoms with Gasteiger partial charge in [-0.25, -0.2) is 12.7 Å². The van der Waals surface area contributed by atoms with E-state index in [1.807, 2.05) is 6.92 Å². The third-order valence-electron chi connectivity index (χ3n) is 6.18. The summed E-state index contributed by atoms with van der Waals surface area (Å²) in [4.78, 5) is 15.2. The molecule has 2 saturated heterocycles. The smallest absolute Gasteiger partial charge is 0.226 e. The van der Waals surface area contributed by atoms with Gasteiger partial charge in [-0.3, -0.25) is 4.79 Å². The van der Waals surface area contributed by atoms with Crippen molar-refractivity contribution in [3.05, 3.63) is 0 Å². The highest BCUT2D eigenvalue weighted by Crippen LogP contribution is 2.36. The summed E-state index contributed by atoms with van der Waals surface area (Å²) in [5.74, 6) is 1.26. The Morgan fingerprint density at radius 2 is 1.62 bits per heavy atom. The molecular formula is C18H32N2O3S. The summed E-state index contributed by atoms with van der Waals surface area (Å²) in [6, 6.07) is 0.460. The molecule has 138 valence electrons. The Hall–Kier alpha value is -0.620. The van der Waals surface area contributed by atoms with E-state index in [4.69, 9.17) is 0 Å². The van der Waals surface area contributed by atoms with Crippen LogP contribution < -0.4 is 0 Å². The molecule has 3 fully saturated rings. The van der Waals surface area contributed by atoms with E-state index >= 15 is 0 Å². The van der Waals surface area contributed by atoms with Crippen molar-refractivity contribution in [2.24, 2.45) is 11.8 Å². The minimum Gasteiger partial charge on any atom is -0.339 e. The molecule has 5 nitrogen and oxygen atoms in total. The molecule has 1 atom stereocenters. The van der Waals surface area contributed by atoms with Crippen molar-refractivity contribution < 1.29 is 13.2 Å². The second-order valence-corrected chi connectivity index (χ2v) is 9.86. The maximum absolute atomic E-state index is 13.0. The molecule has 1 saturated carbocycles. The van der Waals surface area contributed by atoms with Crippen molar-refractivity contribution in [1.29, 1.82) is 0 Å². The molecule has 0 N–H and O–H groups in total. The lowest BCUT2D eigenvalue weighted by molar-refractivity contribution is -0.138. The molecule has 0 unspecified atom stereocenters. The minimum absolute atomic E-state index is 0.0279. The van der Waals surface area contributed by atoms with Crippen LogP contribution in [0.15, 0.2) is 0 Å². The zero-order valence-corrected chi connectivity index (χ0v) is 15.8. The lowest BCUT2D eigenvalue weighted by Gasteiger charge is -2.36. The predicted octanol–water partition coefficient (Wildman–Crippen LogP) is 2.62. The van der Waals surface area contributed by atoms with E-state index in [2.05, 4.69) is 4.90 Å². The highest BCUT2D eigenvalue weighted by Gasteiger charge is 2.39. The largest absolute Gasteiger partial charge is 0.339 e. The first kappa shape index (κ1) is 18.2. The van der Waals surface area contributed by atoms with Gasteiger partial charge in [-0.05, 0) is 50.9 Å². The van der Waals surface area contributed by atoms with Gasteiger partial charge in [0.2, 0.25) is 15.9 Å². The van der Waals surface area contributed by atoms with E-state index in [0.29, 0.717) is 50.2 Å². The SMILES string of the molecule is CCCS(=O)(=O)N1CCC(C(=O)N2CCC[C@H]2C2CCCC2)CC1. The Bertz CT molecular complexity index is 534. The van der Waals surface area contributed by atoms with Crippen LogP contribution in [-0.4, -0.2) is 55.0 Å². The number of hydrogen-bond acceptors (Lipinski definition) is 3. The summed E-state index contributed by atoms with van der Waals surface area (Å²) in [7, 11) is -3.12. The van der Waals surface area contributed by atoms with Crippen molar-refractivity contribution in [1.82, 2.24) is 9.21 Å². The number of sulfonamides is 1. The Kier molecular flexibility index (Phi) is 5.85. The van der Waals surface area contributed by atoms with Gasteiger partial charge in [0.1, 0.15) is 0 Å². The molecule has 6 heteroatoms. The lowest BCUT2D eigenvalue weighted by Crippen LogP contribution is -2.47. The van der Waals surface area contributed by atoms with Crippen LogP contribution in [0, 0.1) is 11.8 Å². The first-order valence-corrected chi connectivity index (χ1v) is 11.4. The summed E-state index contributed by atoms with van der Waals surface area (Å²) in [5.41, 5.74) is 0. The van der Waals surface area contributed by atoms with Gasteiger partial charge in [-0.15, -0.1) is 0 Å². The minimum atomic E-state index is -3.12. The van der Waals surface area contributed by atoms with Crippen LogP contribution >= 0.6 is 0 Å². The molecule has 2 heterocycles. The van der Waals surface area contributed by atoms with E-state index in [9.17, 15) is 13.2 Å². The summed E-state index contributed by atoms with van der Waals surface area (Å²) in [6.45, 7) is 3.83. The second kappa shape index (κ2) is 7.73. The monoisotopic (exact) mass is 356 g/mol. The van der Waals surface area contributed by atoms with Crippen molar-refractivity contribution in [3.8, 4) is 0 Å². The number of hydrogen-bond donors (Lipinski definition) is 0. The van der Waals surface area contributed by atoms with E-state index in [1.165, 1.54) is 32.1 Å². The highest BCUT2D eigenvalue weighted by molar-refractivity contribution is 7.89. The lowest BCUT2D eigenvalue weighted by atomic mass is 9.92. The fourth-order valence-electron chi connectivity index (χ4n) is 4.90. The normalized spacial score (nSPS) is 27.9. The van der Waals surface area contributed by atoms with Crippen molar-refractivity contribution in [2.45, 2.75) is 70.8 Å². The van der Waals surface area contributed by atoms with Gasteiger partial charge in [-0.1, -0.05) is 19.8 Å². The maximum atomic E-state index is 13.0. The number of rotatable bonds is 5. The van der Waals surface area contributed by atoms with Crippen LogP contribution in [0.25, 0.3) is 0 Å². The number of likely N-dealkylation sites (tertiary alicyclic amines) is 1. The fourth-order valence-corrected chi connectivity index (χ4v) is 6.44. The molecule has 0 radical (unpaired) electrons. The van der Waals surface area contributed by atoms with Crippen LogP contribution in [0.2, 0.25) is 0 Å². The zero-order valence-electron chi connectivity index (χ0n) is 15.0. The van der Waals surface area contributed by atoms with Crippen LogP contribution in [0.4, 0.5) is 0 Å². The third-order valence-corrected chi connectivity index (χ3v) is 8.26. The number of carbonyl (C=O) groups excluding carboxylic acids is 1. The third kappa shape index (κ3) is 3.79. The molecule has 3 aliphatic rings. The predicted molar refractivity (Wildman–Crippen MR) is 95.1 cm³/mol. The average Bonchev–Trinajstić information content (AvgIpc) is 3.25. The molecule has 0 aromatic rings. The van der Waals surface area contributed by atoms with Crippen LogP contribution in [0.3, 0.4) is 0 Å². The highest BCUT2D eigenvalue weighted by atomic mass is 32.2. The van der Waals surface area contributed by atoms with Gasteiger partial charge in [0.25, 0.3) is 0 Å². The van der Waals surface area contributed by atoms with Crippen molar-refractivity contribution in [3.63, 3.8) is 0 Å². The number of nitrogens with zero attached hydrogens (tertiary/aromatic N) is 2. The van der Waals surface area contributed by atoms with Crippen LogP contribution in [-0.2, 0) is 14.8 Å². The van der Waals surface area contributed by atoms with E-state index in [0.717, 1.165) is 13.0 Å². The molecule has 2 aliphatic heterocycles. The first-order chi connectivity index (χ1) is 11.5.